The monoisotopic (exact) mass is 184 g/mol. The van der Waals surface area contributed by atoms with E-state index in [1.165, 1.54) is 19.2 Å². The molecule has 1 aromatic carbocycles. The molecule has 1 rings (SSSR count). The Morgan fingerprint density at radius 2 is 2.23 bits per heavy atom. The van der Waals surface area contributed by atoms with Crippen molar-refractivity contribution in [1.29, 1.82) is 0 Å². The van der Waals surface area contributed by atoms with Gasteiger partial charge >= 0.3 is 0 Å². The van der Waals surface area contributed by atoms with Crippen molar-refractivity contribution in [3.05, 3.63) is 29.6 Å². The molecule has 1 atom stereocenters. The summed E-state index contributed by atoms with van der Waals surface area (Å²) >= 11 is 0. The van der Waals surface area contributed by atoms with Crippen LogP contribution >= 0.6 is 0 Å². The normalized spacial score (nSPS) is 12.6. The lowest BCUT2D eigenvalue weighted by Crippen LogP contribution is -2.02. The van der Waals surface area contributed by atoms with Crippen LogP contribution in [0.2, 0.25) is 0 Å². The quantitative estimate of drug-likeness (QED) is 0.777. The van der Waals surface area contributed by atoms with Crippen LogP contribution in [-0.2, 0) is 0 Å². The van der Waals surface area contributed by atoms with Crippen molar-refractivity contribution in [2.75, 3.05) is 13.7 Å². The number of halogens is 1. The maximum atomic E-state index is 12.8. The molecular weight excluding hydrogens is 171 g/mol. The van der Waals surface area contributed by atoms with Crippen molar-refractivity contribution >= 4 is 0 Å². The molecule has 0 saturated heterocycles. The third-order valence-electron chi connectivity index (χ3n) is 2.00. The number of benzene rings is 1. The molecule has 0 spiro atoms. The third kappa shape index (κ3) is 2.18. The standard InChI is InChI=1S/C10H13FO2/c1-7(6-12)9-5-8(11)3-4-10(9)13-2/h3-5,7,12H,6H2,1-2H3/t7-/m0/s1. The number of hydrogen-bond acceptors (Lipinski definition) is 2. The average Bonchev–Trinajstić information content (AvgIpc) is 2.16. The molecule has 0 fully saturated rings. The number of ether oxygens (including phenoxy) is 1. The molecule has 1 aromatic rings. The average molecular weight is 184 g/mol. The van der Waals surface area contributed by atoms with E-state index < -0.39 is 0 Å². The molecular formula is C10H13FO2. The maximum Gasteiger partial charge on any atom is 0.123 e. The summed E-state index contributed by atoms with van der Waals surface area (Å²) in [6.45, 7) is 1.80. The van der Waals surface area contributed by atoms with Crippen LogP contribution in [0.1, 0.15) is 18.4 Å². The molecule has 13 heavy (non-hydrogen) atoms. The highest BCUT2D eigenvalue weighted by molar-refractivity contribution is 5.36. The van der Waals surface area contributed by atoms with Crippen molar-refractivity contribution in [3.8, 4) is 5.75 Å². The minimum absolute atomic E-state index is 0.0141. The van der Waals surface area contributed by atoms with E-state index in [2.05, 4.69) is 0 Å². The van der Waals surface area contributed by atoms with Crippen molar-refractivity contribution in [3.63, 3.8) is 0 Å². The van der Waals surface area contributed by atoms with Gasteiger partial charge in [0.2, 0.25) is 0 Å². The van der Waals surface area contributed by atoms with E-state index in [0.717, 1.165) is 0 Å². The molecule has 0 unspecified atom stereocenters. The van der Waals surface area contributed by atoms with E-state index in [0.29, 0.717) is 11.3 Å². The van der Waals surface area contributed by atoms with Crippen LogP contribution in [0, 0.1) is 5.82 Å². The first-order valence-corrected chi connectivity index (χ1v) is 4.13. The van der Waals surface area contributed by atoms with Crippen molar-refractivity contribution in [2.24, 2.45) is 0 Å². The number of aliphatic hydroxyl groups excluding tert-OH is 1. The molecule has 3 heteroatoms. The molecule has 1 N–H and O–H groups in total. The van der Waals surface area contributed by atoms with Crippen LogP contribution in [0.25, 0.3) is 0 Å². The molecule has 0 radical (unpaired) electrons. The smallest absolute Gasteiger partial charge is 0.123 e. The zero-order valence-electron chi connectivity index (χ0n) is 7.75. The van der Waals surface area contributed by atoms with Crippen LogP contribution in [0.5, 0.6) is 5.75 Å². The van der Waals surface area contributed by atoms with Gasteiger partial charge in [0.1, 0.15) is 11.6 Å². The minimum atomic E-state index is -0.309. The lowest BCUT2D eigenvalue weighted by molar-refractivity contribution is 0.269. The van der Waals surface area contributed by atoms with Crippen molar-refractivity contribution in [1.82, 2.24) is 0 Å². The zero-order chi connectivity index (χ0) is 9.84. The molecule has 0 aliphatic carbocycles. The fourth-order valence-corrected chi connectivity index (χ4v) is 1.19. The van der Waals surface area contributed by atoms with E-state index in [-0.39, 0.29) is 18.3 Å². The predicted octanol–water partition coefficient (Wildman–Crippen LogP) is 1.93. The molecule has 72 valence electrons. The van der Waals surface area contributed by atoms with Gasteiger partial charge < -0.3 is 9.84 Å². The highest BCUT2D eigenvalue weighted by atomic mass is 19.1. The summed E-state index contributed by atoms with van der Waals surface area (Å²) in [7, 11) is 1.53. The summed E-state index contributed by atoms with van der Waals surface area (Å²) < 4.78 is 17.9. The summed E-state index contributed by atoms with van der Waals surface area (Å²) in [5.41, 5.74) is 0.699. The molecule has 0 aliphatic rings. The van der Waals surface area contributed by atoms with Gasteiger partial charge in [-0.05, 0) is 18.2 Å². The Bertz CT molecular complexity index is 286. The van der Waals surface area contributed by atoms with Gasteiger partial charge in [0.25, 0.3) is 0 Å². The highest BCUT2D eigenvalue weighted by Crippen LogP contribution is 2.26. The van der Waals surface area contributed by atoms with Gasteiger partial charge in [0, 0.05) is 18.1 Å². The Morgan fingerprint density at radius 1 is 1.54 bits per heavy atom. The van der Waals surface area contributed by atoms with Crippen LogP contribution in [0.4, 0.5) is 4.39 Å². The molecule has 0 saturated carbocycles. The van der Waals surface area contributed by atoms with Gasteiger partial charge in [-0.15, -0.1) is 0 Å². The molecule has 2 nitrogen and oxygen atoms in total. The highest BCUT2D eigenvalue weighted by Gasteiger charge is 2.10. The van der Waals surface area contributed by atoms with E-state index >= 15 is 0 Å². The summed E-state index contributed by atoms with van der Waals surface area (Å²) in [6.07, 6.45) is 0. The number of methoxy groups -OCH3 is 1. The lowest BCUT2D eigenvalue weighted by Gasteiger charge is -2.12. The van der Waals surface area contributed by atoms with Gasteiger partial charge in [-0.2, -0.15) is 0 Å². The third-order valence-corrected chi connectivity index (χ3v) is 2.00. The number of aliphatic hydroxyl groups is 1. The van der Waals surface area contributed by atoms with E-state index in [9.17, 15) is 4.39 Å². The Morgan fingerprint density at radius 3 is 2.77 bits per heavy atom. The fourth-order valence-electron chi connectivity index (χ4n) is 1.19. The van der Waals surface area contributed by atoms with E-state index in [4.69, 9.17) is 9.84 Å². The Kier molecular flexibility index (Phi) is 3.25. The summed E-state index contributed by atoms with van der Waals surface area (Å²) in [5, 5.41) is 8.92. The number of rotatable bonds is 3. The second-order valence-electron chi connectivity index (χ2n) is 2.97. The maximum absolute atomic E-state index is 12.8. The molecule has 0 aliphatic heterocycles. The molecule has 0 aromatic heterocycles. The SMILES string of the molecule is COc1ccc(F)cc1[C@@H](C)CO. The van der Waals surface area contributed by atoms with Gasteiger partial charge in [-0.25, -0.2) is 4.39 Å². The Labute approximate surface area is 77.0 Å². The summed E-state index contributed by atoms with van der Waals surface area (Å²) in [5.74, 6) is 0.199. The molecule has 0 amide bonds. The lowest BCUT2D eigenvalue weighted by atomic mass is 10.0. The van der Waals surface area contributed by atoms with Gasteiger partial charge in [-0.3, -0.25) is 0 Å². The van der Waals surface area contributed by atoms with E-state index in [1.54, 1.807) is 6.07 Å². The van der Waals surface area contributed by atoms with Crippen LogP contribution < -0.4 is 4.74 Å². The predicted molar refractivity (Wildman–Crippen MR) is 48.5 cm³/mol. The first-order chi connectivity index (χ1) is 6.19. The topological polar surface area (TPSA) is 29.5 Å². The molecule has 0 bridgehead atoms. The minimum Gasteiger partial charge on any atom is -0.496 e. The molecule has 0 heterocycles. The van der Waals surface area contributed by atoms with Crippen molar-refractivity contribution in [2.45, 2.75) is 12.8 Å². The zero-order valence-corrected chi connectivity index (χ0v) is 7.75. The van der Waals surface area contributed by atoms with Crippen LogP contribution in [-0.4, -0.2) is 18.8 Å². The van der Waals surface area contributed by atoms with Gasteiger partial charge in [0.15, 0.2) is 0 Å². The first kappa shape index (κ1) is 9.99. The Balaban J connectivity index is 3.07. The fraction of sp³-hybridized carbons (Fsp3) is 0.400. The number of hydrogen-bond donors (Lipinski definition) is 1. The largest absolute Gasteiger partial charge is 0.496 e. The van der Waals surface area contributed by atoms with Gasteiger partial charge in [0.05, 0.1) is 7.11 Å². The van der Waals surface area contributed by atoms with Crippen LogP contribution in [0.15, 0.2) is 18.2 Å². The second-order valence-corrected chi connectivity index (χ2v) is 2.97. The Hall–Kier alpha value is -1.09. The van der Waals surface area contributed by atoms with Gasteiger partial charge in [-0.1, -0.05) is 6.92 Å². The summed E-state index contributed by atoms with van der Waals surface area (Å²) in [6, 6.07) is 4.29. The summed E-state index contributed by atoms with van der Waals surface area (Å²) in [4.78, 5) is 0. The van der Waals surface area contributed by atoms with Crippen molar-refractivity contribution < 1.29 is 14.2 Å². The van der Waals surface area contributed by atoms with E-state index in [1.807, 2.05) is 6.92 Å². The second kappa shape index (κ2) is 4.23. The van der Waals surface area contributed by atoms with Crippen LogP contribution in [0.3, 0.4) is 0 Å². The first-order valence-electron chi connectivity index (χ1n) is 4.13.